The normalized spacial score (nSPS) is 18.7. The highest BCUT2D eigenvalue weighted by molar-refractivity contribution is 5.22. The van der Waals surface area contributed by atoms with Crippen molar-refractivity contribution >= 4 is 0 Å². The largest absolute Gasteiger partial charge is 0.334 e. The van der Waals surface area contributed by atoms with Crippen LogP contribution in [-0.4, -0.2) is 9.55 Å². The van der Waals surface area contributed by atoms with E-state index in [2.05, 4.69) is 22.7 Å². The van der Waals surface area contributed by atoms with Crippen molar-refractivity contribution < 1.29 is 4.39 Å². The summed E-state index contributed by atoms with van der Waals surface area (Å²) in [6.45, 7) is 3.36. The van der Waals surface area contributed by atoms with E-state index in [9.17, 15) is 4.39 Å². The second kappa shape index (κ2) is 4.56. The highest BCUT2D eigenvalue weighted by atomic mass is 19.1. The van der Waals surface area contributed by atoms with Gasteiger partial charge in [-0.2, -0.15) is 0 Å². The first-order valence-electron chi connectivity index (χ1n) is 6.50. The van der Waals surface area contributed by atoms with E-state index in [1.54, 1.807) is 0 Å². The summed E-state index contributed by atoms with van der Waals surface area (Å²) in [6.07, 6.45) is 5.24. The van der Waals surface area contributed by atoms with Gasteiger partial charge < -0.3 is 4.57 Å². The second-order valence-corrected chi connectivity index (χ2v) is 5.25. The zero-order valence-electron chi connectivity index (χ0n) is 10.6. The van der Waals surface area contributed by atoms with Gasteiger partial charge in [-0.15, -0.1) is 0 Å². The monoisotopic (exact) mass is 244 g/mol. The minimum atomic E-state index is -0.184. The smallest absolute Gasteiger partial charge is 0.123 e. The van der Waals surface area contributed by atoms with Crippen LogP contribution in [0.15, 0.2) is 30.5 Å². The molecule has 0 spiro atoms. The van der Waals surface area contributed by atoms with Gasteiger partial charge in [0.25, 0.3) is 0 Å². The predicted octanol–water partition coefficient (Wildman–Crippen LogP) is 3.20. The number of nitrogens with zero attached hydrogens (tertiary/aromatic N) is 2. The summed E-state index contributed by atoms with van der Waals surface area (Å²) in [5, 5.41) is 0. The zero-order chi connectivity index (χ0) is 12.5. The van der Waals surface area contributed by atoms with Crippen LogP contribution < -0.4 is 0 Å². The van der Waals surface area contributed by atoms with Gasteiger partial charge >= 0.3 is 0 Å². The molecule has 1 atom stereocenters. The van der Waals surface area contributed by atoms with E-state index < -0.39 is 0 Å². The molecule has 0 radical (unpaired) electrons. The van der Waals surface area contributed by atoms with Crippen molar-refractivity contribution in [3.8, 4) is 0 Å². The molecular weight excluding hydrogens is 227 g/mol. The summed E-state index contributed by atoms with van der Waals surface area (Å²) >= 11 is 0. The van der Waals surface area contributed by atoms with Gasteiger partial charge in [0.1, 0.15) is 11.6 Å². The Kier molecular flexibility index (Phi) is 2.90. The first-order chi connectivity index (χ1) is 8.70. The maximum atomic E-state index is 12.8. The summed E-state index contributed by atoms with van der Waals surface area (Å²) in [5.74, 6) is 1.76. The van der Waals surface area contributed by atoms with E-state index >= 15 is 0 Å². The molecule has 1 aliphatic heterocycles. The van der Waals surface area contributed by atoms with Crippen LogP contribution in [0.3, 0.4) is 0 Å². The third-order valence-corrected chi connectivity index (χ3v) is 3.58. The average molecular weight is 244 g/mol. The molecule has 1 aliphatic rings. The van der Waals surface area contributed by atoms with Crippen LogP contribution in [0.2, 0.25) is 0 Å². The lowest BCUT2D eigenvalue weighted by Crippen LogP contribution is -2.17. The van der Waals surface area contributed by atoms with Crippen molar-refractivity contribution in [1.82, 2.24) is 9.55 Å². The molecule has 0 bridgehead atoms. The van der Waals surface area contributed by atoms with Gasteiger partial charge in [0.2, 0.25) is 0 Å². The van der Waals surface area contributed by atoms with Crippen LogP contribution in [0.25, 0.3) is 0 Å². The summed E-state index contributed by atoms with van der Waals surface area (Å²) in [5.41, 5.74) is 2.20. The molecule has 18 heavy (non-hydrogen) atoms. The molecule has 94 valence electrons. The van der Waals surface area contributed by atoms with E-state index in [0.717, 1.165) is 36.6 Å². The molecule has 0 fully saturated rings. The maximum absolute atomic E-state index is 12.8. The number of aromatic nitrogens is 2. The minimum Gasteiger partial charge on any atom is -0.334 e. The molecule has 2 aromatic rings. The molecule has 0 aliphatic carbocycles. The summed E-state index contributed by atoms with van der Waals surface area (Å²) in [6, 6.07) is 6.67. The Morgan fingerprint density at radius 3 is 2.89 bits per heavy atom. The van der Waals surface area contributed by atoms with E-state index in [4.69, 9.17) is 0 Å². The summed E-state index contributed by atoms with van der Waals surface area (Å²) < 4.78 is 15.1. The Morgan fingerprint density at radius 1 is 1.33 bits per heavy atom. The fourth-order valence-corrected chi connectivity index (χ4v) is 2.57. The topological polar surface area (TPSA) is 17.8 Å². The molecule has 0 saturated carbocycles. The number of halogens is 1. The number of rotatable bonds is 2. The van der Waals surface area contributed by atoms with E-state index in [1.807, 2.05) is 12.1 Å². The lowest BCUT2D eigenvalue weighted by Gasteiger charge is -2.19. The predicted molar refractivity (Wildman–Crippen MR) is 68.9 cm³/mol. The maximum Gasteiger partial charge on any atom is 0.123 e. The Morgan fingerprint density at radius 2 is 2.11 bits per heavy atom. The molecular formula is C15H17FN2. The van der Waals surface area contributed by atoms with Crippen LogP contribution in [0, 0.1) is 11.7 Å². The van der Waals surface area contributed by atoms with Crippen LogP contribution in [0.1, 0.15) is 30.4 Å². The molecule has 0 N–H and O–H groups in total. The number of hydrogen-bond acceptors (Lipinski definition) is 1. The molecule has 1 aromatic heterocycles. The van der Waals surface area contributed by atoms with Crippen molar-refractivity contribution in [2.24, 2.45) is 5.92 Å². The third-order valence-electron chi connectivity index (χ3n) is 3.58. The standard InChI is InChI=1S/C15H17FN2/c1-11-2-7-15-17-14(10-18(15)9-11)8-12-3-5-13(16)6-4-12/h3-6,10-11H,2,7-9H2,1H3. The van der Waals surface area contributed by atoms with Gasteiger partial charge in [0, 0.05) is 25.6 Å². The molecule has 1 unspecified atom stereocenters. The van der Waals surface area contributed by atoms with Crippen molar-refractivity contribution in [2.45, 2.75) is 32.7 Å². The SMILES string of the molecule is CC1CCc2nc(Cc3ccc(F)cc3)cn2C1. The van der Waals surface area contributed by atoms with Gasteiger partial charge in [-0.25, -0.2) is 9.37 Å². The molecule has 0 saturated heterocycles. The molecule has 3 rings (SSSR count). The Hall–Kier alpha value is -1.64. The lowest BCUT2D eigenvalue weighted by molar-refractivity contribution is 0.394. The Labute approximate surface area is 106 Å². The number of aryl methyl sites for hydroxylation is 1. The molecule has 2 nitrogen and oxygen atoms in total. The van der Waals surface area contributed by atoms with Crippen LogP contribution in [0.5, 0.6) is 0 Å². The average Bonchev–Trinajstić information content (AvgIpc) is 2.73. The van der Waals surface area contributed by atoms with E-state index in [1.165, 1.54) is 24.4 Å². The van der Waals surface area contributed by atoms with Crippen molar-refractivity contribution in [2.75, 3.05) is 0 Å². The molecule has 0 amide bonds. The first kappa shape index (κ1) is 11.5. The van der Waals surface area contributed by atoms with Crippen LogP contribution in [-0.2, 0) is 19.4 Å². The number of benzene rings is 1. The highest BCUT2D eigenvalue weighted by Gasteiger charge is 2.16. The molecule has 1 aromatic carbocycles. The Bertz CT molecular complexity index is 542. The first-order valence-corrected chi connectivity index (χ1v) is 6.50. The number of hydrogen-bond donors (Lipinski definition) is 0. The van der Waals surface area contributed by atoms with Gasteiger partial charge in [-0.1, -0.05) is 19.1 Å². The van der Waals surface area contributed by atoms with Gasteiger partial charge in [0.05, 0.1) is 5.69 Å². The lowest BCUT2D eigenvalue weighted by atomic mass is 10.0. The van der Waals surface area contributed by atoms with Gasteiger partial charge in [0.15, 0.2) is 0 Å². The van der Waals surface area contributed by atoms with Crippen molar-refractivity contribution in [3.63, 3.8) is 0 Å². The minimum absolute atomic E-state index is 0.184. The molecule has 2 heterocycles. The third kappa shape index (κ3) is 2.30. The zero-order valence-corrected chi connectivity index (χ0v) is 10.6. The van der Waals surface area contributed by atoms with Gasteiger partial charge in [-0.05, 0) is 30.0 Å². The molecule has 3 heteroatoms. The summed E-state index contributed by atoms with van der Waals surface area (Å²) in [4.78, 5) is 4.67. The second-order valence-electron chi connectivity index (χ2n) is 5.25. The van der Waals surface area contributed by atoms with Crippen LogP contribution in [0.4, 0.5) is 4.39 Å². The summed E-state index contributed by atoms with van der Waals surface area (Å²) in [7, 11) is 0. The van der Waals surface area contributed by atoms with Crippen molar-refractivity contribution in [3.05, 3.63) is 53.4 Å². The Balaban J connectivity index is 1.79. The number of fused-ring (bicyclic) bond motifs is 1. The van der Waals surface area contributed by atoms with E-state index in [0.29, 0.717) is 0 Å². The van der Waals surface area contributed by atoms with Crippen molar-refractivity contribution in [1.29, 1.82) is 0 Å². The van der Waals surface area contributed by atoms with Crippen LogP contribution >= 0.6 is 0 Å². The van der Waals surface area contributed by atoms with Gasteiger partial charge in [-0.3, -0.25) is 0 Å². The van der Waals surface area contributed by atoms with E-state index in [-0.39, 0.29) is 5.82 Å². The fourth-order valence-electron chi connectivity index (χ4n) is 2.57. The fraction of sp³-hybridized carbons (Fsp3) is 0.400. The number of imidazole rings is 1. The highest BCUT2D eigenvalue weighted by Crippen LogP contribution is 2.20. The quantitative estimate of drug-likeness (QED) is 0.793.